The van der Waals surface area contributed by atoms with Crippen LogP contribution in [-0.2, 0) is 4.79 Å². The van der Waals surface area contributed by atoms with Crippen LogP contribution in [0, 0.1) is 13.8 Å². The molecule has 0 aliphatic carbocycles. The Morgan fingerprint density at radius 1 is 1.20 bits per heavy atom. The molecule has 0 aliphatic rings. The molecule has 1 N–H and O–H groups in total. The molecule has 0 saturated carbocycles. The van der Waals surface area contributed by atoms with E-state index in [1.807, 2.05) is 0 Å². The molecular weight excluding hydrogens is 188 g/mol. The minimum atomic E-state index is -0.845. The molecule has 0 bridgehead atoms. The fourth-order valence-electron chi connectivity index (χ4n) is 0.786. The van der Waals surface area contributed by atoms with Crippen LogP contribution in [0.5, 0.6) is 0 Å². The minimum Gasteiger partial charge on any atom is -0.478 e. The normalized spacial score (nSPS) is 10.3. The molecule has 1 aromatic carbocycles. The average Bonchev–Trinajstić information content (AvgIpc) is 2.22. The second-order valence-corrected chi connectivity index (χ2v) is 3.36. The second-order valence-electron chi connectivity index (χ2n) is 3.36. The zero-order chi connectivity index (χ0) is 11.8. The van der Waals surface area contributed by atoms with Crippen LogP contribution in [0.2, 0.25) is 0 Å². The molecule has 0 spiro atoms. The number of rotatable bonds is 1. The van der Waals surface area contributed by atoms with Gasteiger partial charge in [-0.05, 0) is 38.8 Å². The van der Waals surface area contributed by atoms with Crippen molar-refractivity contribution in [2.45, 2.75) is 27.7 Å². The molecule has 0 unspecified atom stereocenters. The number of carboxylic acids is 1. The molecule has 0 radical (unpaired) electrons. The molecule has 0 amide bonds. The summed E-state index contributed by atoms with van der Waals surface area (Å²) in [5.41, 5.74) is 3.13. The predicted octanol–water partition coefficient (Wildman–Crippen LogP) is 3.34. The zero-order valence-electron chi connectivity index (χ0n) is 9.74. The van der Waals surface area contributed by atoms with Crippen LogP contribution in [0.25, 0.3) is 0 Å². The highest BCUT2D eigenvalue weighted by molar-refractivity contribution is 5.85. The fraction of sp³-hybridized carbons (Fsp3) is 0.308. The largest absolute Gasteiger partial charge is 0.478 e. The van der Waals surface area contributed by atoms with Crippen molar-refractivity contribution in [3.8, 4) is 0 Å². The third-order valence-electron chi connectivity index (χ3n) is 2.20. The van der Waals surface area contributed by atoms with Crippen LogP contribution in [0.4, 0.5) is 0 Å². The molecule has 2 heteroatoms. The Balaban J connectivity index is 0.000000265. The van der Waals surface area contributed by atoms with Gasteiger partial charge < -0.3 is 5.11 Å². The summed E-state index contributed by atoms with van der Waals surface area (Å²) in [6.07, 6.45) is 1.56. The first-order chi connectivity index (χ1) is 6.99. The van der Waals surface area contributed by atoms with Crippen molar-refractivity contribution in [3.05, 3.63) is 47.0 Å². The van der Waals surface area contributed by atoms with Gasteiger partial charge in [0.1, 0.15) is 0 Å². The van der Waals surface area contributed by atoms with Gasteiger partial charge in [0.05, 0.1) is 0 Å². The maximum absolute atomic E-state index is 9.86. The third-order valence-corrected chi connectivity index (χ3v) is 2.20. The number of hydrogen-bond acceptors (Lipinski definition) is 1. The van der Waals surface area contributed by atoms with Crippen LogP contribution in [0.15, 0.2) is 35.9 Å². The summed E-state index contributed by atoms with van der Waals surface area (Å²) >= 11 is 0. The Bertz CT molecular complexity index is 330. The Morgan fingerprint density at radius 3 is 1.73 bits per heavy atom. The lowest BCUT2D eigenvalue weighted by atomic mass is 10.1. The van der Waals surface area contributed by atoms with Gasteiger partial charge in [-0.25, -0.2) is 4.79 Å². The van der Waals surface area contributed by atoms with E-state index in [9.17, 15) is 4.79 Å². The number of benzene rings is 1. The quantitative estimate of drug-likeness (QED) is 0.715. The SMILES string of the molecule is CC=C(C)C(=O)O.Cc1ccccc1C. The first-order valence-corrected chi connectivity index (χ1v) is 4.87. The molecule has 15 heavy (non-hydrogen) atoms. The van der Waals surface area contributed by atoms with Gasteiger partial charge in [0.2, 0.25) is 0 Å². The van der Waals surface area contributed by atoms with Crippen molar-refractivity contribution in [1.29, 1.82) is 0 Å². The highest BCUT2D eigenvalue weighted by Crippen LogP contribution is 2.02. The Kier molecular flexibility index (Phi) is 6.11. The predicted molar refractivity (Wildman–Crippen MR) is 63.0 cm³/mol. The zero-order valence-corrected chi connectivity index (χ0v) is 9.74. The minimum absolute atomic E-state index is 0.389. The monoisotopic (exact) mass is 206 g/mol. The van der Waals surface area contributed by atoms with Gasteiger partial charge in [-0.3, -0.25) is 0 Å². The van der Waals surface area contributed by atoms with E-state index in [-0.39, 0.29) is 0 Å². The lowest BCUT2D eigenvalue weighted by Crippen LogP contribution is -1.93. The van der Waals surface area contributed by atoms with Gasteiger partial charge in [0, 0.05) is 5.57 Å². The number of carboxylic acid groups (broad SMARTS) is 1. The fourth-order valence-corrected chi connectivity index (χ4v) is 0.786. The van der Waals surface area contributed by atoms with Gasteiger partial charge in [-0.1, -0.05) is 30.3 Å². The lowest BCUT2D eigenvalue weighted by molar-refractivity contribution is -0.132. The number of hydrogen-bond donors (Lipinski definition) is 1. The standard InChI is InChI=1S/C8H10.C5H8O2/c1-7-5-3-4-6-8(7)2;1-3-4(2)5(6)7/h3-6H,1-2H3;3H,1-2H3,(H,6,7). The number of allylic oxidation sites excluding steroid dienone is 1. The van der Waals surface area contributed by atoms with Crippen molar-refractivity contribution in [2.75, 3.05) is 0 Å². The van der Waals surface area contributed by atoms with Crippen LogP contribution >= 0.6 is 0 Å². The van der Waals surface area contributed by atoms with Crippen molar-refractivity contribution >= 4 is 5.97 Å². The first-order valence-electron chi connectivity index (χ1n) is 4.87. The molecule has 82 valence electrons. The van der Waals surface area contributed by atoms with Crippen molar-refractivity contribution < 1.29 is 9.90 Å². The third kappa shape index (κ3) is 5.68. The van der Waals surface area contributed by atoms with Crippen LogP contribution < -0.4 is 0 Å². The summed E-state index contributed by atoms with van der Waals surface area (Å²) < 4.78 is 0. The van der Waals surface area contributed by atoms with Crippen LogP contribution in [0.1, 0.15) is 25.0 Å². The summed E-state index contributed by atoms with van der Waals surface area (Å²) in [4.78, 5) is 9.86. The van der Waals surface area contributed by atoms with Crippen LogP contribution in [0.3, 0.4) is 0 Å². The molecule has 0 heterocycles. The molecular formula is C13H18O2. The first kappa shape index (κ1) is 13.4. The Morgan fingerprint density at radius 2 is 1.60 bits per heavy atom. The smallest absolute Gasteiger partial charge is 0.330 e. The van der Waals surface area contributed by atoms with E-state index in [1.165, 1.54) is 11.1 Å². The van der Waals surface area contributed by atoms with E-state index in [0.717, 1.165) is 0 Å². The van der Waals surface area contributed by atoms with E-state index in [1.54, 1.807) is 19.9 Å². The molecule has 1 aromatic rings. The van der Waals surface area contributed by atoms with E-state index >= 15 is 0 Å². The maximum atomic E-state index is 9.86. The maximum Gasteiger partial charge on any atom is 0.330 e. The molecule has 0 fully saturated rings. The van der Waals surface area contributed by atoms with Gasteiger partial charge in [0.25, 0.3) is 0 Å². The van der Waals surface area contributed by atoms with Gasteiger partial charge in [-0.15, -0.1) is 0 Å². The molecule has 1 rings (SSSR count). The van der Waals surface area contributed by atoms with Gasteiger partial charge in [0.15, 0.2) is 0 Å². The highest BCUT2D eigenvalue weighted by atomic mass is 16.4. The van der Waals surface area contributed by atoms with Crippen molar-refractivity contribution in [2.24, 2.45) is 0 Å². The number of aryl methyl sites for hydroxylation is 2. The number of carbonyl (C=O) groups is 1. The van der Waals surface area contributed by atoms with Gasteiger partial charge in [-0.2, -0.15) is 0 Å². The van der Waals surface area contributed by atoms with E-state index in [2.05, 4.69) is 38.1 Å². The van der Waals surface area contributed by atoms with Crippen LogP contribution in [-0.4, -0.2) is 11.1 Å². The van der Waals surface area contributed by atoms with E-state index in [4.69, 9.17) is 5.11 Å². The summed E-state index contributed by atoms with van der Waals surface area (Å²) in [5.74, 6) is -0.845. The van der Waals surface area contributed by atoms with E-state index in [0.29, 0.717) is 5.57 Å². The average molecular weight is 206 g/mol. The van der Waals surface area contributed by atoms with E-state index < -0.39 is 5.97 Å². The Labute approximate surface area is 91.3 Å². The van der Waals surface area contributed by atoms with Crippen molar-refractivity contribution in [3.63, 3.8) is 0 Å². The number of aliphatic carboxylic acids is 1. The second kappa shape index (κ2) is 6.82. The van der Waals surface area contributed by atoms with Gasteiger partial charge >= 0.3 is 5.97 Å². The highest BCUT2D eigenvalue weighted by Gasteiger charge is 1.93. The molecule has 0 saturated heterocycles. The summed E-state index contributed by atoms with van der Waals surface area (Å²) in [5, 5.41) is 8.11. The summed E-state index contributed by atoms with van der Waals surface area (Å²) in [6, 6.07) is 8.36. The molecule has 0 aliphatic heterocycles. The Hall–Kier alpha value is -1.57. The summed E-state index contributed by atoms with van der Waals surface area (Å²) in [6.45, 7) is 7.50. The lowest BCUT2D eigenvalue weighted by Gasteiger charge is -1.93. The molecule has 0 atom stereocenters. The molecule has 2 nitrogen and oxygen atoms in total. The van der Waals surface area contributed by atoms with Crippen molar-refractivity contribution in [1.82, 2.24) is 0 Å². The molecule has 0 aromatic heterocycles. The topological polar surface area (TPSA) is 37.3 Å². The summed E-state index contributed by atoms with van der Waals surface area (Å²) in [7, 11) is 0.